The predicted octanol–water partition coefficient (Wildman–Crippen LogP) is 1.97. The number of hydrogen-bond donors (Lipinski definition) is 0. The van der Waals surface area contributed by atoms with Crippen molar-refractivity contribution >= 4 is 16.1 Å². The van der Waals surface area contributed by atoms with E-state index in [1.54, 1.807) is 43.3 Å². The highest BCUT2D eigenvalue weighted by molar-refractivity contribution is 7.89. The normalized spacial score (nSPS) is 19.4. The molecule has 1 atom stereocenters. The van der Waals surface area contributed by atoms with Crippen LogP contribution in [0.2, 0.25) is 0 Å². The van der Waals surface area contributed by atoms with Gasteiger partial charge in [-0.2, -0.15) is 4.31 Å². The molecule has 1 fully saturated rings. The molecule has 0 spiro atoms. The summed E-state index contributed by atoms with van der Waals surface area (Å²) in [4.78, 5) is 15.7. The van der Waals surface area contributed by atoms with E-state index in [0.717, 1.165) is 5.56 Å². The van der Waals surface area contributed by atoms with Crippen LogP contribution >= 0.6 is 0 Å². The standard InChI is InChI=1S/C16H25N3O3S/c1-12(2)15-18(16(20)17(4)5)10-11-19(15)23(21,22)14-8-6-13(3)7-9-14/h6-9,12,15H,10-11H2,1-5H3. The molecule has 128 valence electrons. The number of rotatable bonds is 3. The van der Waals surface area contributed by atoms with Crippen LogP contribution in [0.15, 0.2) is 29.2 Å². The van der Waals surface area contributed by atoms with E-state index in [0.29, 0.717) is 13.1 Å². The third-order valence-electron chi connectivity index (χ3n) is 4.03. The average Bonchev–Trinajstić information content (AvgIpc) is 2.92. The molecule has 7 heteroatoms. The van der Waals surface area contributed by atoms with Gasteiger partial charge in [-0.05, 0) is 25.0 Å². The van der Waals surface area contributed by atoms with E-state index < -0.39 is 16.2 Å². The minimum absolute atomic E-state index is 0.00150. The molecular formula is C16H25N3O3S. The second kappa shape index (κ2) is 6.49. The van der Waals surface area contributed by atoms with Gasteiger partial charge in [0.1, 0.15) is 6.17 Å². The van der Waals surface area contributed by atoms with Gasteiger partial charge in [0.15, 0.2) is 0 Å². The number of carbonyl (C=O) groups excluding carboxylic acids is 1. The Labute approximate surface area is 138 Å². The first-order valence-corrected chi connectivity index (χ1v) is 9.16. The Kier molecular flexibility index (Phi) is 5.01. The van der Waals surface area contributed by atoms with Crippen molar-refractivity contribution in [3.63, 3.8) is 0 Å². The van der Waals surface area contributed by atoms with Crippen molar-refractivity contribution < 1.29 is 13.2 Å². The van der Waals surface area contributed by atoms with Gasteiger partial charge in [-0.1, -0.05) is 31.5 Å². The number of benzene rings is 1. The molecule has 0 N–H and O–H groups in total. The zero-order valence-corrected chi connectivity index (χ0v) is 15.2. The van der Waals surface area contributed by atoms with Gasteiger partial charge in [-0.3, -0.25) is 0 Å². The summed E-state index contributed by atoms with van der Waals surface area (Å²) < 4.78 is 27.4. The Bertz CT molecular complexity index is 668. The zero-order valence-electron chi connectivity index (χ0n) is 14.4. The Morgan fingerprint density at radius 3 is 2.22 bits per heavy atom. The van der Waals surface area contributed by atoms with Gasteiger partial charge >= 0.3 is 6.03 Å². The summed E-state index contributed by atoms with van der Waals surface area (Å²) in [5.41, 5.74) is 1.01. The van der Waals surface area contributed by atoms with Gasteiger partial charge in [0.05, 0.1) is 4.90 Å². The summed E-state index contributed by atoms with van der Waals surface area (Å²) in [6, 6.07) is 6.66. The monoisotopic (exact) mass is 339 g/mol. The summed E-state index contributed by atoms with van der Waals surface area (Å²) >= 11 is 0. The smallest absolute Gasteiger partial charge is 0.320 e. The topological polar surface area (TPSA) is 60.9 Å². The van der Waals surface area contributed by atoms with Crippen molar-refractivity contribution in [1.82, 2.24) is 14.1 Å². The van der Waals surface area contributed by atoms with Gasteiger partial charge in [0.2, 0.25) is 10.0 Å². The molecule has 1 unspecified atom stereocenters. The van der Waals surface area contributed by atoms with Crippen LogP contribution in [0, 0.1) is 12.8 Å². The lowest BCUT2D eigenvalue weighted by atomic mass is 10.1. The fourth-order valence-corrected chi connectivity index (χ4v) is 4.61. The van der Waals surface area contributed by atoms with E-state index in [4.69, 9.17) is 0 Å². The number of aryl methyl sites for hydroxylation is 1. The molecule has 0 bridgehead atoms. The molecule has 0 aromatic heterocycles. The highest BCUT2D eigenvalue weighted by atomic mass is 32.2. The quantitative estimate of drug-likeness (QED) is 0.846. The van der Waals surface area contributed by atoms with Crippen LogP contribution in [0.4, 0.5) is 4.79 Å². The molecule has 1 saturated heterocycles. The summed E-state index contributed by atoms with van der Waals surface area (Å²) in [5, 5.41) is 0. The number of hydrogen-bond acceptors (Lipinski definition) is 3. The molecule has 1 heterocycles. The SMILES string of the molecule is Cc1ccc(S(=O)(=O)N2CCN(C(=O)N(C)C)C2C(C)C)cc1. The number of carbonyl (C=O) groups is 1. The summed E-state index contributed by atoms with van der Waals surface area (Å²) in [5.74, 6) is 0.00150. The van der Waals surface area contributed by atoms with Gasteiger partial charge in [0.25, 0.3) is 0 Å². The maximum Gasteiger partial charge on any atom is 0.320 e. The first kappa shape index (κ1) is 17.7. The summed E-state index contributed by atoms with van der Waals surface area (Å²) in [7, 11) is -0.266. The predicted molar refractivity (Wildman–Crippen MR) is 89.5 cm³/mol. The van der Waals surface area contributed by atoms with Crippen molar-refractivity contribution in [2.45, 2.75) is 31.8 Å². The van der Waals surface area contributed by atoms with Gasteiger partial charge in [0, 0.05) is 27.2 Å². The lowest BCUT2D eigenvalue weighted by Gasteiger charge is -2.34. The third-order valence-corrected chi connectivity index (χ3v) is 5.91. The van der Waals surface area contributed by atoms with Crippen molar-refractivity contribution in [1.29, 1.82) is 0 Å². The first-order valence-electron chi connectivity index (χ1n) is 7.72. The van der Waals surface area contributed by atoms with Crippen LogP contribution in [-0.4, -0.2) is 61.9 Å². The highest BCUT2D eigenvalue weighted by Crippen LogP contribution is 2.29. The van der Waals surface area contributed by atoms with Gasteiger partial charge in [-0.15, -0.1) is 0 Å². The second-order valence-corrected chi connectivity index (χ2v) is 8.35. The molecule has 1 aromatic rings. The average molecular weight is 339 g/mol. The Morgan fingerprint density at radius 2 is 1.74 bits per heavy atom. The van der Waals surface area contributed by atoms with Crippen molar-refractivity contribution in [2.75, 3.05) is 27.2 Å². The largest absolute Gasteiger partial charge is 0.331 e. The Balaban J connectivity index is 2.38. The van der Waals surface area contributed by atoms with E-state index >= 15 is 0 Å². The highest BCUT2D eigenvalue weighted by Gasteiger charge is 2.44. The van der Waals surface area contributed by atoms with Crippen molar-refractivity contribution in [2.24, 2.45) is 5.92 Å². The maximum absolute atomic E-state index is 13.0. The Morgan fingerprint density at radius 1 is 1.17 bits per heavy atom. The number of nitrogens with zero attached hydrogens (tertiary/aromatic N) is 3. The summed E-state index contributed by atoms with van der Waals surface area (Å²) in [6.45, 7) is 6.51. The maximum atomic E-state index is 13.0. The van der Waals surface area contributed by atoms with Crippen molar-refractivity contribution in [3.8, 4) is 0 Å². The molecule has 0 saturated carbocycles. The molecule has 0 radical (unpaired) electrons. The lowest BCUT2D eigenvalue weighted by Crippen LogP contribution is -2.50. The molecule has 1 aliphatic heterocycles. The van der Waals surface area contributed by atoms with Crippen LogP contribution < -0.4 is 0 Å². The fourth-order valence-electron chi connectivity index (χ4n) is 2.89. The van der Waals surface area contributed by atoms with E-state index in [1.165, 1.54) is 9.21 Å². The molecular weight excluding hydrogens is 314 g/mol. The van der Waals surface area contributed by atoms with Crippen LogP contribution in [0.3, 0.4) is 0 Å². The van der Waals surface area contributed by atoms with E-state index in [-0.39, 0.29) is 16.8 Å². The van der Waals surface area contributed by atoms with Crippen LogP contribution in [0.5, 0.6) is 0 Å². The molecule has 0 aliphatic carbocycles. The molecule has 23 heavy (non-hydrogen) atoms. The first-order chi connectivity index (χ1) is 10.7. The molecule has 2 amide bonds. The number of amides is 2. The third kappa shape index (κ3) is 3.35. The van der Waals surface area contributed by atoms with E-state index in [2.05, 4.69) is 0 Å². The summed E-state index contributed by atoms with van der Waals surface area (Å²) in [6.07, 6.45) is -0.462. The van der Waals surface area contributed by atoms with Crippen LogP contribution in [-0.2, 0) is 10.0 Å². The minimum atomic E-state index is -3.62. The minimum Gasteiger partial charge on any atom is -0.331 e. The molecule has 6 nitrogen and oxygen atoms in total. The van der Waals surface area contributed by atoms with Crippen molar-refractivity contribution in [3.05, 3.63) is 29.8 Å². The zero-order chi connectivity index (χ0) is 17.4. The molecule has 1 aromatic carbocycles. The van der Waals surface area contributed by atoms with Gasteiger partial charge in [-0.25, -0.2) is 13.2 Å². The van der Waals surface area contributed by atoms with Crippen LogP contribution in [0.1, 0.15) is 19.4 Å². The van der Waals surface area contributed by atoms with Gasteiger partial charge < -0.3 is 9.80 Å². The second-order valence-electron chi connectivity index (χ2n) is 6.46. The van der Waals surface area contributed by atoms with Crippen LogP contribution in [0.25, 0.3) is 0 Å². The lowest BCUT2D eigenvalue weighted by molar-refractivity contribution is 0.129. The molecule has 1 aliphatic rings. The van der Waals surface area contributed by atoms with E-state index in [1.807, 2.05) is 20.8 Å². The fraction of sp³-hybridized carbons (Fsp3) is 0.562. The Hall–Kier alpha value is -1.60. The molecule has 2 rings (SSSR count). The number of urea groups is 1. The number of sulfonamides is 1. The van der Waals surface area contributed by atoms with E-state index in [9.17, 15) is 13.2 Å².